The topological polar surface area (TPSA) is 112 Å². The molecule has 3 aliphatic carbocycles. The minimum absolute atomic E-state index is 0.0612. The number of rotatable bonds is 6. The number of methoxy groups -OCH3 is 1. The van der Waals surface area contributed by atoms with E-state index in [0.29, 0.717) is 6.42 Å². The summed E-state index contributed by atoms with van der Waals surface area (Å²) in [6.45, 7) is 17.3. The Bertz CT molecular complexity index is 1130. The summed E-state index contributed by atoms with van der Waals surface area (Å²) < 4.78 is 23.8. The lowest BCUT2D eigenvalue weighted by atomic mass is 9.40. The van der Waals surface area contributed by atoms with E-state index in [4.69, 9.17) is 18.9 Å². The molecule has 4 aliphatic rings. The number of esters is 2. The Morgan fingerprint density at radius 3 is 2.24 bits per heavy atom. The summed E-state index contributed by atoms with van der Waals surface area (Å²) >= 11 is 0. The average molecular weight is 578 g/mol. The molecule has 0 spiro atoms. The molecule has 2 saturated carbocycles. The zero-order valence-electron chi connectivity index (χ0n) is 27.0. The summed E-state index contributed by atoms with van der Waals surface area (Å²) in [6, 6.07) is -0.239. The number of fused-ring (bicyclic) bond motifs is 5. The van der Waals surface area contributed by atoms with Crippen LogP contribution in [-0.4, -0.2) is 91.1 Å². The highest BCUT2D eigenvalue weighted by Crippen LogP contribution is 2.67. The third kappa shape index (κ3) is 4.35. The molecule has 9 heteroatoms. The fourth-order valence-electron chi connectivity index (χ4n) is 9.27. The maximum atomic E-state index is 14.8. The number of carbonyl (C=O) groups excluding carboxylic acids is 3. The molecule has 0 aromatic rings. The van der Waals surface area contributed by atoms with E-state index in [9.17, 15) is 19.5 Å². The number of carbonyl (C=O) groups is 3. The van der Waals surface area contributed by atoms with Crippen LogP contribution in [0.3, 0.4) is 0 Å². The van der Waals surface area contributed by atoms with Crippen molar-refractivity contribution in [1.82, 2.24) is 4.90 Å². The summed E-state index contributed by atoms with van der Waals surface area (Å²) in [6.07, 6.45) is -1.17. The quantitative estimate of drug-likeness (QED) is 0.374. The first kappa shape index (κ1) is 32.1. The van der Waals surface area contributed by atoms with Gasteiger partial charge in [0.25, 0.3) is 0 Å². The van der Waals surface area contributed by atoms with Gasteiger partial charge in [0.1, 0.15) is 18.0 Å². The summed E-state index contributed by atoms with van der Waals surface area (Å²) in [5.74, 6) is -2.49. The Labute approximate surface area is 245 Å². The van der Waals surface area contributed by atoms with Crippen LogP contribution in [0.1, 0.15) is 75.2 Å². The molecule has 3 fully saturated rings. The van der Waals surface area contributed by atoms with Crippen molar-refractivity contribution in [2.75, 3.05) is 27.8 Å². The van der Waals surface area contributed by atoms with E-state index in [1.165, 1.54) is 14.0 Å². The lowest BCUT2D eigenvalue weighted by Crippen LogP contribution is -2.78. The second-order valence-corrected chi connectivity index (χ2v) is 14.3. The Morgan fingerprint density at radius 2 is 1.76 bits per heavy atom. The third-order valence-corrected chi connectivity index (χ3v) is 11.9. The molecule has 1 aliphatic heterocycles. The number of ketones is 1. The van der Waals surface area contributed by atoms with Gasteiger partial charge in [-0.05, 0) is 57.3 Å². The van der Waals surface area contributed by atoms with Gasteiger partial charge >= 0.3 is 11.9 Å². The van der Waals surface area contributed by atoms with E-state index in [2.05, 4.69) is 6.92 Å². The monoisotopic (exact) mass is 577 g/mol. The van der Waals surface area contributed by atoms with Gasteiger partial charge < -0.3 is 29.0 Å². The van der Waals surface area contributed by atoms with Gasteiger partial charge in [-0.3, -0.25) is 9.59 Å². The largest absolute Gasteiger partial charge is 0.456 e. The number of aliphatic hydroxyl groups is 1. The number of ether oxygens (including phenoxy) is 4. The molecule has 1 N–H and O–H groups in total. The Kier molecular flexibility index (Phi) is 8.16. The smallest absolute Gasteiger partial charge is 0.337 e. The van der Waals surface area contributed by atoms with Crippen LogP contribution in [-0.2, 0) is 33.3 Å². The number of likely N-dealkylation sites (N-methyl/N-ethyl adjacent to an activating group) is 1. The van der Waals surface area contributed by atoms with Gasteiger partial charge in [0.2, 0.25) is 0 Å². The Morgan fingerprint density at radius 1 is 1.15 bits per heavy atom. The van der Waals surface area contributed by atoms with Gasteiger partial charge in [0.05, 0.1) is 12.2 Å². The highest BCUT2D eigenvalue weighted by molar-refractivity contribution is 5.91. The molecule has 9 nitrogen and oxygen atoms in total. The van der Waals surface area contributed by atoms with Gasteiger partial charge in [-0.25, -0.2) is 4.79 Å². The van der Waals surface area contributed by atoms with Crippen molar-refractivity contribution in [2.24, 2.45) is 34.5 Å². The molecule has 1 saturated heterocycles. The average Bonchev–Trinajstić information content (AvgIpc) is 2.87. The SMILES string of the molecule is COC(C(=O)OC1CC2(O)[C@@H](C)C3C4(OC(C)=O)COC4C[C@H](C)[C@@]3(C)C(=O)[C@@H](C)C(=C1C)C2(C)C)C(C)N(C)C. The standard InChI is InChI=1S/C32H51NO8/c1-16-13-23-31(15-39-23,41-21(6)34)26-19(4)32(37)14-22(40-28(36)25(38-12)20(5)33(10)11)17(2)24(29(32,7)8)18(3)27(35)30(16,26)9/h16,18-20,22-23,25-26,37H,13-15H2,1-12H3/t16-,18-,19-,20?,22?,23?,25?,26?,30+,31?,32?/m0/s1. The molecule has 232 valence electrons. The van der Waals surface area contributed by atoms with Crippen LogP contribution in [0.2, 0.25) is 0 Å². The van der Waals surface area contributed by atoms with Gasteiger partial charge in [-0.15, -0.1) is 0 Å². The van der Waals surface area contributed by atoms with E-state index in [1.54, 1.807) is 0 Å². The molecule has 11 atom stereocenters. The van der Waals surface area contributed by atoms with Crippen LogP contribution in [0.5, 0.6) is 0 Å². The van der Waals surface area contributed by atoms with Gasteiger partial charge in [0.15, 0.2) is 11.7 Å². The molecular weight excluding hydrogens is 526 g/mol. The van der Waals surface area contributed by atoms with E-state index in [1.807, 2.05) is 67.5 Å². The fourth-order valence-corrected chi connectivity index (χ4v) is 9.27. The third-order valence-electron chi connectivity index (χ3n) is 11.9. The zero-order valence-corrected chi connectivity index (χ0v) is 27.0. The Balaban J connectivity index is 1.89. The highest BCUT2D eigenvalue weighted by atomic mass is 16.6. The minimum atomic E-state index is -1.40. The fraction of sp³-hybridized carbons (Fsp3) is 0.844. The predicted molar refractivity (Wildman–Crippen MR) is 153 cm³/mol. The first-order valence-electron chi connectivity index (χ1n) is 15.0. The maximum absolute atomic E-state index is 14.8. The first-order valence-corrected chi connectivity index (χ1v) is 15.0. The van der Waals surface area contributed by atoms with Crippen LogP contribution >= 0.6 is 0 Å². The summed E-state index contributed by atoms with van der Waals surface area (Å²) in [7, 11) is 5.22. The van der Waals surface area contributed by atoms with Crippen LogP contribution in [0.15, 0.2) is 11.1 Å². The summed E-state index contributed by atoms with van der Waals surface area (Å²) in [5, 5.41) is 13.0. The van der Waals surface area contributed by atoms with Crippen LogP contribution in [0.25, 0.3) is 0 Å². The molecule has 0 aromatic carbocycles. The summed E-state index contributed by atoms with van der Waals surface area (Å²) in [4.78, 5) is 42.6. The number of hydrogen-bond donors (Lipinski definition) is 1. The molecular formula is C32H51NO8. The van der Waals surface area contributed by atoms with Gasteiger partial charge in [-0.2, -0.15) is 0 Å². The lowest BCUT2D eigenvalue weighted by molar-refractivity contribution is -0.332. The van der Waals surface area contributed by atoms with Crippen molar-refractivity contribution in [3.05, 3.63) is 11.1 Å². The molecule has 1 heterocycles. The van der Waals surface area contributed by atoms with Crippen LogP contribution in [0, 0.1) is 34.5 Å². The van der Waals surface area contributed by atoms with Crippen LogP contribution < -0.4 is 0 Å². The molecule has 41 heavy (non-hydrogen) atoms. The number of hydrogen-bond acceptors (Lipinski definition) is 9. The van der Waals surface area contributed by atoms with Crippen molar-refractivity contribution >= 4 is 17.7 Å². The van der Waals surface area contributed by atoms with Crippen molar-refractivity contribution in [3.63, 3.8) is 0 Å². The van der Waals surface area contributed by atoms with E-state index >= 15 is 0 Å². The second-order valence-electron chi connectivity index (χ2n) is 14.3. The highest BCUT2D eigenvalue weighted by Gasteiger charge is 2.74. The summed E-state index contributed by atoms with van der Waals surface area (Å²) in [5.41, 5.74) is -2.50. The minimum Gasteiger partial charge on any atom is -0.456 e. The molecule has 0 aromatic heterocycles. The lowest BCUT2D eigenvalue weighted by Gasteiger charge is -2.68. The zero-order chi connectivity index (χ0) is 31.0. The normalized spacial score (nSPS) is 43.1. The van der Waals surface area contributed by atoms with E-state index in [0.717, 1.165) is 11.1 Å². The number of Topliss-reactive ketones (excluding diaryl/α,β-unsaturated/α-hetero) is 1. The van der Waals surface area contributed by atoms with Gasteiger partial charge in [0, 0.05) is 49.2 Å². The van der Waals surface area contributed by atoms with Crippen molar-refractivity contribution in [1.29, 1.82) is 0 Å². The molecule has 7 unspecified atom stereocenters. The predicted octanol–water partition coefficient (Wildman–Crippen LogP) is 3.56. The van der Waals surface area contributed by atoms with Crippen molar-refractivity contribution < 1.29 is 38.4 Å². The van der Waals surface area contributed by atoms with Crippen molar-refractivity contribution in [3.8, 4) is 0 Å². The number of nitrogens with zero attached hydrogens (tertiary/aromatic N) is 1. The molecule has 2 bridgehead atoms. The second kappa shape index (κ2) is 10.4. The van der Waals surface area contributed by atoms with E-state index < -0.39 is 63.9 Å². The van der Waals surface area contributed by atoms with Crippen LogP contribution in [0.4, 0.5) is 0 Å². The van der Waals surface area contributed by atoms with Gasteiger partial charge in [-0.1, -0.05) is 41.5 Å². The molecule has 0 radical (unpaired) electrons. The molecule has 4 rings (SSSR count). The Hall–Kier alpha value is -1.81. The van der Waals surface area contributed by atoms with E-state index in [-0.39, 0.29) is 36.9 Å². The molecule has 0 amide bonds. The van der Waals surface area contributed by atoms with Crippen molar-refractivity contribution in [2.45, 2.75) is 111 Å². The maximum Gasteiger partial charge on any atom is 0.337 e. The first-order chi connectivity index (χ1) is 18.8.